The average molecular weight is 443 g/mol. The van der Waals surface area contributed by atoms with Crippen LogP contribution in [-0.4, -0.2) is 39.2 Å². The highest BCUT2D eigenvalue weighted by atomic mass is 16.5. The van der Waals surface area contributed by atoms with E-state index in [1.54, 1.807) is 43.5 Å². The van der Waals surface area contributed by atoms with Crippen molar-refractivity contribution in [2.45, 2.75) is 0 Å². The molecular weight excluding hydrogens is 416 g/mol. The van der Waals surface area contributed by atoms with Crippen LogP contribution in [0, 0.1) is 0 Å². The number of hydrazone groups is 1. The molecule has 0 radical (unpaired) electrons. The van der Waals surface area contributed by atoms with Gasteiger partial charge in [0, 0.05) is 25.3 Å². The molecule has 0 fully saturated rings. The highest BCUT2D eigenvalue weighted by molar-refractivity contribution is 6.05. The molecule has 3 aromatic carbocycles. The fourth-order valence-electron chi connectivity index (χ4n) is 2.93. The number of carbonyl (C=O) groups is 2. The summed E-state index contributed by atoms with van der Waals surface area (Å²) in [6.07, 6.45) is 3.11. The van der Waals surface area contributed by atoms with Crippen LogP contribution in [0.5, 0.6) is 5.75 Å². The Morgan fingerprint density at radius 1 is 0.909 bits per heavy atom. The lowest BCUT2D eigenvalue weighted by molar-refractivity contribution is -0.117. The smallest absolute Gasteiger partial charge is 0.287 e. The normalized spacial score (nSPS) is 11.2. The van der Waals surface area contributed by atoms with E-state index >= 15 is 0 Å². The Balaban J connectivity index is 1.81. The largest absolute Gasteiger partial charge is 0.497 e. The predicted octanol–water partition coefficient (Wildman–Crippen LogP) is 3.68. The molecule has 0 unspecified atom stereocenters. The van der Waals surface area contributed by atoms with Crippen LogP contribution in [0.2, 0.25) is 0 Å². The van der Waals surface area contributed by atoms with Crippen LogP contribution in [0.1, 0.15) is 21.5 Å². The Morgan fingerprint density at radius 3 is 2.30 bits per heavy atom. The molecule has 0 aromatic heterocycles. The van der Waals surface area contributed by atoms with Crippen molar-refractivity contribution in [2.24, 2.45) is 5.10 Å². The Morgan fingerprint density at radius 2 is 1.64 bits per heavy atom. The fraction of sp³-hybridized carbons (Fsp3) is 0.115. The van der Waals surface area contributed by atoms with Crippen molar-refractivity contribution >= 4 is 29.8 Å². The maximum atomic E-state index is 12.9. The van der Waals surface area contributed by atoms with E-state index in [9.17, 15) is 9.59 Å². The van der Waals surface area contributed by atoms with E-state index in [-0.39, 0.29) is 5.70 Å². The lowest BCUT2D eigenvalue weighted by Gasteiger charge is -2.12. The van der Waals surface area contributed by atoms with Crippen LogP contribution < -0.4 is 20.4 Å². The maximum Gasteiger partial charge on any atom is 0.287 e. The van der Waals surface area contributed by atoms with Gasteiger partial charge in [-0.1, -0.05) is 42.5 Å². The number of ether oxygens (including phenoxy) is 1. The van der Waals surface area contributed by atoms with E-state index in [0.29, 0.717) is 11.3 Å². The quantitative estimate of drug-likeness (QED) is 0.317. The molecule has 33 heavy (non-hydrogen) atoms. The summed E-state index contributed by atoms with van der Waals surface area (Å²) in [6.45, 7) is 0. The van der Waals surface area contributed by atoms with Crippen LogP contribution in [0.4, 0.5) is 5.69 Å². The number of anilines is 1. The van der Waals surface area contributed by atoms with Crippen LogP contribution in [0.25, 0.3) is 6.08 Å². The molecule has 0 aliphatic heterocycles. The third kappa shape index (κ3) is 6.80. The molecule has 0 aliphatic carbocycles. The summed E-state index contributed by atoms with van der Waals surface area (Å²) in [4.78, 5) is 27.5. The Bertz CT molecular complexity index is 1150. The highest BCUT2D eigenvalue weighted by Gasteiger charge is 2.14. The Kier molecular flexibility index (Phi) is 7.96. The van der Waals surface area contributed by atoms with Crippen LogP contribution in [-0.2, 0) is 4.79 Å². The molecule has 7 nitrogen and oxygen atoms in total. The molecule has 0 atom stereocenters. The molecule has 0 saturated carbocycles. The summed E-state index contributed by atoms with van der Waals surface area (Å²) in [5.74, 6) is -0.254. The van der Waals surface area contributed by atoms with Crippen molar-refractivity contribution < 1.29 is 14.3 Å². The lowest BCUT2D eigenvalue weighted by Crippen LogP contribution is -2.32. The number of hydrogen-bond acceptors (Lipinski definition) is 5. The molecule has 0 saturated heterocycles. The topological polar surface area (TPSA) is 83.0 Å². The van der Waals surface area contributed by atoms with Crippen LogP contribution in [0.15, 0.2) is 89.7 Å². The first-order chi connectivity index (χ1) is 16.0. The summed E-state index contributed by atoms with van der Waals surface area (Å²) < 4.78 is 5.19. The molecule has 0 spiro atoms. The molecule has 2 N–H and O–H groups in total. The standard InChI is InChI=1S/C26H26N4O3/c1-30(2)22-14-12-19(13-15-22)17-24(28-25(31)21-9-5-4-6-10-21)26(32)29-27-18-20-8-7-11-23(16-20)33-3/h4-18H,1-3H3,(H,28,31)(H,29,32)/b24-17-,27-18+. The first kappa shape index (κ1) is 23.3. The van der Waals surface area contributed by atoms with Gasteiger partial charge in [0.15, 0.2) is 0 Å². The van der Waals surface area contributed by atoms with Crippen molar-refractivity contribution in [3.63, 3.8) is 0 Å². The van der Waals surface area contributed by atoms with E-state index in [2.05, 4.69) is 15.8 Å². The maximum absolute atomic E-state index is 12.9. The van der Waals surface area contributed by atoms with Gasteiger partial charge in [-0.05, 0) is 53.6 Å². The highest BCUT2D eigenvalue weighted by Crippen LogP contribution is 2.15. The third-order valence-corrected chi connectivity index (χ3v) is 4.72. The molecule has 3 rings (SSSR count). The minimum atomic E-state index is -0.546. The number of hydrogen-bond donors (Lipinski definition) is 2. The summed E-state index contributed by atoms with van der Waals surface area (Å²) in [7, 11) is 5.48. The zero-order valence-corrected chi connectivity index (χ0v) is 18.8. The molecule has 168 valence electrons. The monoisotopic (exact) mass is 442 g/mol. The average Bonchev–Trinajstić information content (AvgIpc) is 2.84. The van der Waals surface area contributed by atoms with Gasteiger partial charge in [-0.2, -0.15) is 5.10 Å². The third-order valence-electron chi connectivity index (χ3n) is 4.72. The van der Waals surface area contributed by atoms with Gasteiger partial charge >= 0.3 is 0 Å². The molecule has 3 aromatic rings. The van der Waals surface area contributed by atoms with Gasteiger partial charge in [-0.25, -0.2) is 5.43 Å². The second-order valence-electron chi connectivity index (χ2n) is 7.34. The van der Waals surface area contributed by atoms with E-state index in [4.69, 9.17) is 4.74 Å². The lowest BCUT2D eigenvalue weighted by atomic mass is 10.1. The van der Waals surface area contributed by atoms with Crippen molar-refractivity contribution in [1.29, 1.82) is 0 Å². The predicted molar refractivity (Wildman–Crippen MR) is 131 cm³/mol. The molecule has 0 heterocycles. The number of nitrogens with zero attached hydrogens (tertiary/aromatic N) is 2. The van der Waals surface area contributed by atoms with Crippen LogP contribution >= 0.6 is 0 Å². The van der Waals surface area contributed by atoms with Crippen molar-refractivity contribution in [2.75, 3.05) is 26.1 Å². The van der Waals surface area contributed by atoms with Gasteiger partial charge in [0.2, 0.25) is 0 Å². The zero-order chi connectivity index (χ0) is 23.6. The van der Waals surface area contributed by atoms with E-state index in [0.717, 1.165) is 16.8 Å². The van der Waals surface area contributed by atoms with E-state index in [1.165, 1.54) is 6.21 Å². The van der Waals surface area contributed by atoms with E-state index in [1.807, 2.05) is 67.5 Å². The number of carbonyl (C=O) groups excluding carboxylic acids is 2. The van der Waals surface area contributed by atoms with Gasteiger partial charge in [0.05, 0.1) is 13.3 Å². The zero-order valence-electron chi connectivity index (χ0n) is 18.8. The van der Waals surface area contributed by atoms with Gasteiger partial charge in [-0.3, -0.25) is 9.59 Å². The summed E-state index contributed by atoms with van der Waals surface area (Å²) in [5, 5.41) is 6.71. The van der Waals surface area contributed by atoms with Crippen LogP contribution in [0.3, 0.4) is 0 Å². The molecule has 0 bridgehead atoms. The Hall–Kier alpha value is -4.39. The minimum Gasteiger partial charge on any atom is -0.497 e. The van der Waals surface area contributed by atoms with Gasteiger partial charge in [0.25, 0.3) is 11.8 Å². The van der Waals surface area contributed by atoms with Gasteiger partial charge in [0.1, 0.15) is 11.4 Å². The van der Waals surface area contributed by atoms with Crippen molar-refractivity contribution in [1.82, 2.24) is 10.7 Å². The van der Waals surface area contributed by atoms with Gasteiger partial charge in [-0.15, -0.1) is 0 Å². The first-order valence-electron chi connectivity index (χ1n) is 10.3. The first-order valence-corrected chi connectivity index (χ1v) is 10.3. The molecule has 7 heteroatoms. The number of rotatable bonds is 8. The second kappa shape index (κ2) is 11.3. The SMILES string of the molecule is COc1cccc(/C=N/NC(=O)/C(=C/c2ccc(N(C)C)cc2)NC(=O)c2ccccc2)c1. The fourth-order valence-corrected chi connectivity index (χ4v) is 2.93. The molecule has 2 amide bonds. The van der Waals surface area contributed by atoms with Gasteiger partial charge < -0.3 is 15.0 Å². The second-order valence-corrected chi connectivity index (χ2v) is 7.34. The number of methoxy groups -OCH3 is 1. The number of nitrogens with one attached hydrogen (secondary N) is 2. The van der Waals surface area contributed by atoms with E-state index < -0.39 is 11.8 Å². The summed E-state index contributed by atoms with van der Waals surface area (Å²) in [5.41, 5.74) is 5.53. The minimum absolute atomic E-state index is 0.0734. The van der Waals surface area contributed by atoms with Crippen molar-refractivity contribution in [3.05, 3.63) is 101 Å². The summed E-state index contributed by atoms with van der Waals surface area (Å²) >= 11 is 0. The molecule has 0 aliphatic rings. The number of amides is 2. The number of benzene rings is 3. The Labute approximate surface area is 193 Å². The molecular formula is C26H26N4O3. The van der Waals surface area contributed by atoms with Crippen molar-refractivity contribution in [3.8, 4) is 5.75 Å². The summed E-state index contributed by atoms with van der Waals surface area (Å²) in [6, 6.07) is 23.6.